The van der Waals surface area contributed by atoms with Gasteiger partial charge in [-0.1, -0.05) is 18.2 Å². The number of rotatable bonds is 6. The van der Waals surface area contributed by atoms with E-state index in [9.17, 15) is 4.79 Å². The van der Waals surface area contributed by atoms with Gasteiger partial charge in [-0.15, -0.1) is 11.8 Å². The second-order valence-corrected chi connectivity index (χ2v) is 4.83. The molecule has 1 aromatic carbocycles. The smallest absolute Gasteiger partial charge is 0.252 e. The molecule has 4 nitrogen and oxygen atoms in total. The number of pyridine rings is 1. The van der Waals surface area contributed by atoms with Gasteiger partial charge in [-0.25, -0.2) is 4.98 Å². The third-order valence-electron chi connectivity index (χ3n) is 2.61. The molecule has 1 heterocycles. The van der Waals surface area contributed by atoms with E-state index in [1.807, 2.05) is 42.7 Å². The summed E-state index contributed by atoms with van der Waals surface area (Å²) < 4.78 is 5.50. The second-order valence-electron chi connectivity index (χ2n) is 4.01. The summed E-state index contributed by atoms with van der Waals surface area (Å²) in [5.41, 5.74) is 0.558. The van der Waals surface area contributed by atoms with Gasteiger partial charge in [0, 0.05) is 6.20 Å². The van der Waals surface area contributed by atoms with Gasteiger partial charge < -0.3 is 10.1 Å². The third-order valence-corrected chi connectivity index (χ3v) is 3.27. The number of amides is 1. The van der Waals surface area contributed by atoms with Crippen molar-refractivity contribution in [3.05, 3.63) is 54.2 Å². The number of thioether (sulfide) groups is 1. The molecule has 0 bridgehead atoms. The van der Waals surface area contributed by atoms with Crippen molar-refractivity contribution in [2.24, 2.45) is 0 Å². The van der Waals surface area contributed by atoms with E-state index in [1.165, 1.54) is 0 Å². The minimum Gasteiger partial charge on any atom is -0.492 e. The summed E-state index contributed by atoms with van der Waals surface area (Å²) >= 11 is 1.55. The Balaban J connectivity index is 1.74. The lowest BCUT2D eigenvalue weighted by Gasteiger charge is -2.07. The number of benzene rings is 1. The second kappa shape index (κ2) is 7.55. The summed E-state index contributed by atoms with van der Waals surface area (Å²) in [7, 11) is 0. The first-order valence-electron chi connectivity index (χ1n) is 6.25. The molecule has 2 aromatic rings. The Morgan fingerprint density at radius 3 is 2.70 bits per heavy atom. The number of aromatic nitrogens is 1. The molecule has 5 heteroatoms. The normalized spacial score (nSPS) is 10.1. The van der Waals surface area contributed by atoms with E-state index < -0.39 is 0 Å². The zero-order chi connectivity index (χ0) is 14.2. The van der Waals surface area contributed by atoms with Crippen LogP contribution in [0, 0.1) is 0 Å². The van der Waals surface area contributed by atoms with Crippen molar-refractivity contribution in [2.75, 3.05) is 19.4 Å². The molecule has 0 fully saturated rings. The molecule has 104 valence electrons. The molecule has 1 aromatic heterocycles. The molecule has 1 amide bonds. The van der Waals surface area contributed by atoms with Gasteiger partial charge in [-0.2, -0.15) is 0 Å². The average Bonchev–Trinajstić information content (AvgIpc) is 2.52. The van der Waals surface area contributed by atoms with E-state index >= 15 is 0 Å². The van der Waals surface area contributed by atoms with E-state index in [1.54, 1.807) is 24.0 Å². The number of ether oxygens (including phenoxy) is 1. The van der Waals surface area contributed by atoms with Gasteiger partial charge in [0.25, 0.3) is 5.91 Å². The number of hydrogen-bond donors (Lipinski definition) is 1. The fourth-order valence-corrected chi connectivity index (χ4v) is 1.95. The van der Waals surface area contributed by atoms with Gasteiger partial charge in [0.1, 0.15) is 12.4 Å². The molecular weight excluding hydrogens is 272 g/mol. The van der Waals surface area contributed by atoms with E-state index in [-0.39, 0.29) is 5.91 Å². The fraction of sp³-hybridized carbons (Fsp3) is 0.200. The van der Waals surface area contributed by atoms with Gasteiger partial charge in [0.05, 0.1) is 17.1 Å². The maximum atomic E-state index is 11.8. The standard InChI is InChI=1S/C15H16N2O2S/c1-20-14-8-7-12(11-17-14)15(18)16-9-10-19-13-5-3-2-4-6-13/h2-8,11H,9-10H2,1H3,(H,16,18). The number of nitrogens with one attached hydrogen (secondary N) is 1. The van der Waals surface area contributed by atoms with Crippen LogP contribution in [-0.2, 0) is 0 Å². The Morgan fingerprint density at radius 2 is 2.05 bits per heavy atom. The van der Waals surface area contributed by atoms with Gasteiger partial charge in [-0.05, 0) is 30.5 Å². The van der Waals surface area contributed by atoms with Crippen LogP contribution in [0.25, 0.3) is 0 Å². The Morgan fingerprint density at radius 1 is 1.25 bits per heavy atom. The van der Waals surface area contributed by atoms with Crippen LogP contribution in [0.3, 0.4) is 0 Å². The Hall–Kier alpha value is -2.01. The number of carbonyl (C=O) groups excluding carboxylic acids is 1. The average molecular weight is 288 g/mol. The van der Waals surface area contributed by atoms with Crippen LogP contribution in [0.15, 0.2) is 53.7 Å². The molecule has 0 aliphatic rings. The zero-order valence-corrected chi connectivity index (χ0v) is 12.0. The minimum absolute atomic E-state index is 0.137. The summed E-state index contributed by atoms with van der Waals surface area (Å²) in [4.78, 5) is 16.0. The van der Waals surface area contributed by atoms with Crippen LogP contribution >= 0.6 is 11.8 Å². The number of hydrogen-bond acceptors (Lipinski definition) is 4. The number of nitrogens with zero attached hydrogens (tertiary/aromatic N) is 1. The summed E-state index contributed by atoms with van der Waals surface area (Å²) in [5, 5.41) is 3.69. The molecule has 0 atom stereocenters. The molecule has 0 spiro atoms. The molecule has 0 aliphatic carbocycles. The molecule has 0 saturated carbocycles. The highest BCUT2D eigenvalue weighted by molar-refractivity contribution is 7.98. The van der Waals surface area contributed by atoms with E-state index in [0.29, 0.717) is 18.7 Å². The lowest BCUT2D eigenvalue weighted by Crippen LogP contribution is -2.28. The van der Waals surface area contributed by atoms with Crippen molar-refractivity contribution in [1.29, 1.82) is 0 Å². The van der Waals surface area contributed by atoms with E-state index in [4.69, 9.17) is 4.74 Å². The van der Waals surface area contributed by atoms with Gasteiger partial charge in [0.2, 0.25) is 0 Å². The van der Waals surface area contributed by atoms with Crippen LogP contribution in [-0.4, -0.2) is 30.3 Å². The quantitative estimate of drug-likeness (QED) is 0.656. The molecule has 0 unspecified atom stereocenters. The first-order chi connectivity index (χ1) is 9.79. The monoisotopic (exact) mass is 288 g/mol. The summed E-state index contributed by atoms with van der Waals surface area (Å²) in [5.74, 6) is 0.662. The minimum atomic E-state index is -0.137. The maximum Gasteiger partial charge on any atom is 0.252 e. The predicted molar refractivity (Wildman–Crippen MR) is 80.3 cm³/mol. The highest BCUT2D eigenvalue weighted by atomic mass is 32.2. The van der Waals surface area contributed by atoms with Crippen LogP contribution in [0.1, 0.15) is 10.4 Å². The first kappa shape index (κ1) is 14.4. The maximum absolute atomic E-state index is 11.8. The molecule has 2 rings (SSSR count). The Kier molecular flexibility index (Phi) is 5.43. The largest absolute Gasteiger partial charge is 0.492 e. The highest BCUT2D eigenvalue weighted by Gasteiger charge is 2.05. The van der Waals surface area contributed by atoms with Crippen molar-refractivity contribution >= 4 is 17.7 Å². The van der Waals surface area contributed by atoms with E-state index in [0.717, 1.165) is 10.8 Å². The Bertz CT molecular complexity index is 544. The fourth-order valence-electron chi connectivity index (χ4n) is 1.59. The van der Waals surface area contributed by atoms with Crippen molar-refractivity contribution in [3.8, 4) is 5.75 Å². The highest BCUT2D eigenvalue weighted by Crippen LogP contribution is 2.11. The van der Waals surface area contributed by atoms with Crippen molar-refractivity contribution in [1.82, 2.24) is 10.3 Å². The zero-order valence-electron chi connectivity index (χ0n) is 11.2. The third kappa shape index (κ3) is 4.28. The van der Waals surface area contributed by atoms with Gasteiger partial charge >= 0.3 is 0 Å². The molecular formula is C15H16N2O2S. The van der Waals surface area contributed by atoms with Crippen LogP contribution in [0.2, 0.25) is 0 Å². The van der Waals surface area contributed by atoms with Crippen molar-refractivity contribution in [2.45, 2.75) is 5.03 Å². The van der Waals surface area contributed by atoms with Crippen molar-refractivity contribution in [3.63, 3.8) is 0 Å². The first-order valence-corrected chi connectivity index (χ1v) is 7.48. The van der Waals surface area contributed by atoms with Crippen molar-refractivity contribution < 1.29 is 9.53 Å². The Labute approximate surface area is 122 Å². The molecule has 0 radical (unpaired) electrons. The van der Waals surface area contributed by atoms with Gasteiger partial charge in [-0.3, -0.25) is 4.79 Å². The molecule has 0 saturated heterocycles. The SMILES string of the molecule is CSc1ccc(C(=O)NCCOc2ccccc2)cn1. The van der Waals surface area contributed by atoms with Crippen LogP contribution < -0.4 is 10.1 Å². The van der Waals surface area contributed by atoms with Gasteiger partial charge in [0.15, 0.2) is 0 Å². The molecule has 20 heavy (non-hydrogen) atoms. The van der Waals surface area contributed by atoms with E-state index in [2.05, 4.69) is 10.3 Å². The summed E-state index contributed by atoms with van der Waals surface area (Å²) in [6, 6.07) is 13.1. The summed E-state index contributed by atoms with van der Waals surface area (Å²) in [6.45, 7) is 0.893. The van der Waals surface area contributed by atoms with Crippen LogP contribution in [0.5, 0.6) is 5.75 Å². The van der Waals surface area contributed by atoms with Crippen LogP contribution in [0.4, 0.5) is 0 Å². The predicted octanol–water partition coefficient (Wildman–Crippen LogP) is 2.61. The molecule has 0 aliphatic heterocycles. The topological polar surface area (TPSA) is 51.2 Å². The lowest BCUT2D eigenvalue weighted by atomic mass is 10.3. The molecule has 1 N–H and O–H groups in total. The summed E-state index contributed by atoms with van der Waals surface area (Å²) in [6.07, 6.45) is 3.53. The lowest BCUT2D eigenvalue weighted by molar-refractivity contribution is 0.0946. The number of carbonyl (C=O) groups is 1. The number of para-hydroxylation sites is 1.